The summed E-state index contributed by atoms with van der Waals surface area (Å²) in [6, 6.07) is 43.5. The van der Waals surface area contributed by atoms with Gasteiger partial charge in [0.15, 0.2) is 0 Å². The molecule has 0 spiro atoms. The summed E-state index contributed by atoms with van der Waals surface area (Å²) in [6.07, 6.45) is 1.71. The van der Waals surface area contributed by atoms with Crippen LogP contribution in [0.25, 0.3) is 49.7 Å². The molecule has 0 aliphatic carbocycles. The van der Waals surface area contributed by atoms with Crippen LogP contribution >= 0.6 is 0 Å². The molecule has 0 fully saturated rings. The van der Waals surface area contributed by atoms with Gasteiger partial charge in [-0.1, -0.05) is 47.9 Å². The third-order valence-corrected chi connectivity index (χ3v) is 6.31. The molecule has 7 rings (SSSR count). The predicted octanol–water partition coefficient (Wildman–Crippen LogP) is 7.78. The third kappa shape index (κ3) is 4.20. The molecule has 0 radical (unpaired) electrons. The second-order valence-electron chi connectivity index (χ2n) is 8.55. The fourth-order valence-electron chi connectivity index (χ4n) is 4.65. The Kier molecular flexibility index (Phi) is 6.03. The van der Waals surface area contributed by atoms with Gasteiger partial charge in [0.1, 0.15) is 5.82 Å². The number of benzene rings is 4. The normalized spacial score (nSPS) is 11.0. The predicted molar refractivity (Wildman–Crippen MR) is 144 cm³/mol. The zero-order chi connectivity index (χ0) is 23.9. The Morgan fingerprint density at radius 3 is 2.41 bits per heavy atom. The Bertz CT molecular complexity index is 1880. The fraction of sp³-hybridized carbons (Fsp3) is 0. The molecule has 0 saturated heterocycles. The number of pyridine rings is 2. The summed E-state index contributed by atoms with van der Waals surface area (Å²) in [5, 5.41) is 3.41. The van der Waals surface area contributed by atoms with Crippen molar-refractivity contribution in [1.29, 1.82) is 0 Å². The quantitative estimate of drug-likeness (QED) is 0.182. The van der Waals surface area contributed by atoms with Crippen LogP contribution in [0.15, 0.2) is 115 Å². The molecule has 3 heterocycles. The van der Waals surface area contributed by atoms with Gasteiger partial charge in [0.25, 0.3) is 0 Å². The maximum absolute atomic E-state index is 5.91. The molecule has 0 bridgehead atoms. The minimum atomic E-state index is 0. The number of para-hydroxylation sites is 2. The number of ether oxygens (including phenoxy) is 1. The van der Waals surface area contributed by atoms with Crippen LogP contribution in [0, 0.1) is 12.1 Å². The van der Waals surface area contributed by atoms with Crippen LogP contribution in [0.5, 0.6) is 11.6 Å². The Labute approximate surface area is 228 Å². The van der Waals surface area contributed by atoms with E-state index in [1.54, 1.807) is 6.20 Å². The standard InChI is InChI=1S/C32H19N3O.Pt/c1-3-12-28-22(8-1)16-18-31(34-28)35-29-13-4-2-11-26(29)27-17-15-24(21-30(27)35)23-9-7-10-25(20-23)36-32-14-5-6-19-33-32;/h1-19H;/q-2;+2. The van der Waals surface area contributed by atoms with E-state index in [0.29, 0.717) is 11.6 Å². The Balaban J connectivity index is 0.00000252. The van der Waals surface area contributed by atoms with Crippen molar-refractivity contribution in [2.24, 2.45) is 0 Å². The maximum atomic E-state index is 5.91. The SMILES string of the molecule is [Pt+2].[c-]1c(Oc2ccccn2)cccc1-c1[c-]c2c(cc1)c1ccccc1n2-c1ccc2ccccc2n1. The van der Waals surface area contributed by atoms with Crippen molar-refractivity contribution in [3.8, 4) is 28.6 Å². The van der Waals surface area contributed by atoms with Crippen molar-refractivity contribution in [1.82, 2.24) is 14.5 Å². The van der Waals surface area contributed by atoms with Gasteiger partial charge in [-0.2, -0.15) is 24.3 Å². The first-order chi connectivity index (χ1) is 17.8. The number of fused-ring (bicyclic) bond motifs is 4. The topological polar surface area (TPSA) is 39.9 Å². The van der Waals surface area contributed by atoms with Gasteiger partial charge >= 0.3 is 21.1 Å². The molecule has 4 nitrogen and oxygen atoms in total. The van der Waals surface area contributed by atoms with Crippen LogP contribution in [0.3, 0.4) is 0 Å². The summed E-state index contributed by atoms with van der Waals surface area (Å²) >= 11 is 0. The summed E-state index contributed by atoms with van der Waals surface area (Å²) in [5.41, 5.74) is 4.86. The second kappa shape index (κ2) is 9.65. The van der Waals surface area contributed by atoms with E-state index in [-0.39, 0.29) is 21.1 Å². The Morgan fingerprint density at radius 2 is 1.49 bits per heavy atom. The molecule has 0 saturated carbocycles. The minimum absolute atomic E-state index is 0. The average molecular weight is 657 g/mol. The van der Waals surface area contributed by atoms with Crippen LogP contribution in [-0.4, -0.2) is 14.5 Å². The molecule has 0 amide bonds. The Hall–Kier alpha value is -4.27. The van der Waals surface area contributed by atoms with Gasteiger partial charge in [-0.3, -0.25) is 0 Å². The molecule has 37 heavy (non-hydrogen) atoms. The van der Waals surface area contributed by atoms with Crippen molar-refractivity contribution in [2.75, 3.05) is 0 Å². The minimum Gasteiger partial charge on any atom is -0.460 e. The molecular formula is C32H19N3OPt. The molecule has 3 aromatic heterocycles. The zero-order valence-electron chi connectivity index (χ0n) is 19.5. The van der Waals surface area contributed by atoms with E-state index in [0.717, 1.165) is 44.3 Å². The second-order valence-corrected chi connectivity index (χ2v) is 8.55. The third-order valence-electron chi connectivity index (χ3n) is 6.31. The number of nitrogens with zero attached hydrogens (tertiary/aromatic N) is 3. The molecule has 4 aromatic carbocycles. The summed E-state index contributed by atoms with van der Waals surface area (Å²) in [4.78, 5) is 9.24. The maximum Gasteiger partial charge on any atom is 2.00 e. The first-order valence-corrected chi connectivity index (χ1v) is 11.8. The van der Waals surface area contributed by atoms with Gasteiger partial charge < -0.3 is 9.30 Å². The smallest absolute Gasteiger partial charge is 0.460 e. The fourth-order valence-corrected chi connectivity index (χ4v) is 4.65. The number of hydrogen-bond donors (Lipinski definition) is 0. The number of aromatic nitrogens is 3. The van der Waals surface area contributed by atoms with Gasteiger partial charge in [-0.25, -0.2) is 21.1 Å². The Morgan fingerprint density at radius 1 is 0.649 bits per heavy atom. The monoisotopic (exact) mass is 656 g/mol. The van der Waals surface area contributed by atoms with Crippen molar-refractivity contribution in [3.05, 3.63) is 128 Å². The first-order valence-electron chi connectivity index (χ1n) is 11.8. The van der Waals surface area contributed by atoms with Crippen LogP contribution in [0.4, 0.5) is 0 Å². The van der Waals surface area contributed by atoms with E-state index in [2.05, 4.69) is 76.3 Å². The van der Waals surface area contributed by atoms with E-state index in [9.17, 15) is 0 Å². The van der Waals surface area contributed by atoms with E-state index < -0.39 is 0 Å². The van der Waals surface area contributed by atoms with Gasteiger partial charge in [-0.05, 0) is 41.2 Å². The van der Waals surface area contributed by atoms with Gasteiger partial charge in [0, 0.05) is 28.9 Å². The molecule has 7 aromatic rings. The molecular weight excluding hydrogens is 637 g/mol. The summed E-state index contributed by atoms with van der Waals surface area (Å²) in [6.45, 7) is 0. The number of hydrogen-bond acceptors (Lipinski definition) is 3. The van der Waals surface area contributed by atoms with Gasteiger partial charge in [-0.15, -0.1) is 18.2 Å². The van der Waals surface area contributed by atoms with Gasteiger partial charge in [0.05, 0.1) is 5.52 Å². The zero-order valence-corrected chi connectivity index (χ0v) is 21.8. The van der Waals surface area contributed by atoms with Crippen molar-refractivity contribution in [2.45, 2.75) is 0 Å². The molecule has 5 heteroatoms. The van der Waals surface area contributed by atoms with Crippen molar-refractivity contribution in [3.63, 3.8) is 0 Å². The summed E-state index contributed by atoms with van der Waals surface area (Å²) in [5.74, 6) is 2.01. The van der Waals surface area contributed by atoms with E-state index >= 15 is 0 Å². The van der Waals surface area contributed by atoms with Crippen LogP contribution in [0.1, 0.15) is 0 Å². The summed E-state index contributed by atoms with van der Waals surface area (Å²) in [7, 11) is 0. The van der Waals surface area contributed by atoms with E-state index in [1.165, 1.54) is 5.39 Å². The van der Waals surface area contributed by atoms with E-state index in [1.807, 2.05) is 54.6 Å². The molecule has 0 aliphatic rings. The van der Waals surface area contributed by atoms with Gasteiger partial charge in [0.2, 0.25) is 5.88 Å². The molecule has 0 N–H and O–H groups in total. The van der Waals surface area contributed by atoms with Crippen LogP contribution in [-0.2, 0) is 21.1 Å². The van der Waals surface area contributed by atoms with Crippen molar-refractivity contribution >= 4 is 32.7 Å². The van der Waals surface area contributed by atoms with Crippen LogP contribution in [0.2, 0.25) is 0 Å². The molecule has 0 atom stereocenters. The molecule has 0 aliphatic heterocycles. The first kappa shape index (κ1) is 23.1. The van der Waals surface area contributed by atoms with Crippen molar-refractivity contribution < 1.29 is 25.8 Å². The summed E-state index contributed by atoms with van der Waals surface area (Å²) < 4.78 is 8.10. The van der Waals surface area contributed by atoms with Crippen LogP contribution < -0.4 is 4.74 Å². The molecule has 0 unspecified atom stereocenters. The largest absolute Gasteiger partial charge is 2.00 e. The molecule has 178 valence electrons. The average Bonchev–Trinajstić information content (AvgIpc) is 3.27. The number of rotatable bonds is 4. The van der Waals surface area contributed by atoms with E-state index in [4.69, 9.17) is 9.72 Å².